The summed E-state index contributed by atoms with van der Waals surface area (Å²) in [7, 11) is 3.84. The summed E-state index contributed by atoms with van der Waals surface area (Å²) in [5.74, 6) is 0.449. The first-order valence-electron chi connectivity index (χ1n) is 9.08. The number of hydrogen-bond acceptors (Lipinski definition) is 5. The van der Waals surface area contributed by atoms with Crippen LogP contribution in [0.2, 0.25) is 0 Å². The zero-order valence-electron chi connectivity index (χ0n) is 16.5. The highest BCUT2D eigenvalue weighted by molar-refractivity contribution is 7.09. The van der Waals surface area contributed by atoms with Crippen molar-refractivity contribution in [1.82, 2.24) is 25.0 Å². The van der Waals surface area contributed by atoms with E-state index in [1.54, 1.807) is 11.3 Å². The molecule has 3 rings (SSSR count). The van der Waals surface area contributed by atoms with Gasteiger partial charge in [-0.25, -0.2) is 4.98 Å². The molecule has 7 heteroatoms. The molecule has 0 aliphatic carbocycles. The lowest BCUT2D eigenvalue weighted by Gasteiger charge is -2.25. The fourth-order valence-electron chi connectivity index (χ4n) is 3.52. The maximum absolute atomic E-state index is 12.3. The SMILES string of the molecule is Cc1c([C@H]2[C@H](CNCc3csc(C(C)(C)C)n3)CC(=O)N2C)cnn1C. The Labute approximate surface area is 159 Å². The summed E-state index contributed by atoms with van der Waals surface area (Å²) in [4.78, 5) is 18.9. The molecule has 3 heterocycles. The molecule has 0 radical (unpaired) electrons. The highest BCUT2D eigenvalue weighted by Gasteiger charge is 2.39. The number of rotatable bonds is 5. The molecule has 1 aliphatic rings. The number of nitrogens with one attached hydrogen (secondary N) is 1. The molecule has 26 heavy (non-hydrogen) atoms. The van der Waals surface area contributed by atoms with Crippen LogP contribution in [0.3, 0.4) is 0 Å². The van der Waals surface area contributed by atoms with Gasteiger partial charge in [-0.1, -0.05) is 20.8 Å². The first kappa shape index (κ1) is 19.0. The summed E-state index contributed by atoms with van der Waals surface area (Å²) in [6, 6.07) is 0.0873. The Bertz CT molecular complexity index is 788. The van der Waals surface area contributed by atoms with Gasteiger partial charge in [0.25, 0.3) is 0 Å². The van der Waals surface area contributed by atoms with Gasteiger partial charge in [-0.05, 0) is 6.92 Å². The monoisotopic (exact) mass is 375 g/mol. The van der Waals surface area contributed by atoms with Crippen LogP contribution < -0.4 is 5.32 Å². The normalized spacial score (nSPS) is 21.0. The number of likely N-dealkylation sites (tertiary alicyclic amines) is 1. The second kappa shape index (κ2) is 7.12. The maximum Gasteiger partial charge on any atom is 0.223 e. The minimum absolute atomic E-state index is 0.0873. The first-order valence-corrected chi connectivity index (χ1v) is 9.96. The van der Waals surface area contributed by atoms with Crippen molar-refractivity contribution in [3.63, 3.8) is 0 Å². The number of hydrogen-bond donors (Lipinski definition) is 1. The summed E-state index contributed by atoms with van der Waals surface area (Å²) in [5.41, 5.74) is 3.44. The van der Waals surface area contributed by atoms with E-state index >= 15 is 0 Å². The summed E-state index contributed by atoms with van der Waals surface area (Å²) in [6.07, 6.45) is 2.48. The molecule has 0 aromatic carbocycles. The largest absolute Gasteiger partial charge is 0.338 e. The van der Waals surface area contributed by atoms with E-state index < -0.39 is 0 Å². The van der Waals surface area contributed by atoms with Crippen LogP contribution in [0, 0.1) is 12.8 Å². The van der Waals surface area contributed by atoms with Crippen LogP contribution in [0.1, 0.15) is 55.2 Å². The van der Waals surface area contributed by atoms with Crippen LogP contribution in [-0.2, 0) is 23.8 Å². The predicted molar refractivity (Wildman–Crippen MR) is 104 cm³/mol. The van der Waals surface area contributed by atoms with Crippen molar-refractivity contribution in [3.05, 3.63) is 33.5 Å². The summed E-state index contributed by atoms with van der Waals surface area (Å²) in [6.45, 7) is 10.1. The van der Waals surface area contributed by atoms with Gasteiger partial charge < -0.3 is 10.2 Å². The fraction of sp³-hybridized carbons (Fsp3) is 0.632. The number of aromatic nitrogens is 3. The third-order valence-electron chi connectivity index (χ3n) is 5.19. The van der Waals surface area contributed by atoms with Crippen LogP contribution >= 0.6 is 11.3 Å². The Hall–Kier alpha value is -1.73. The van der Waals surface area contributed by atoms with Crippen LogP contribution in [0.4, 0.5) is 0 Å². The van der Waals surface area contributed by atoms with Gasteiger partial charge in [-0.15, -0.1) is 11.3 Å². The Morgan fingerprint density at radius 3 is 2.65 bits per heavy atom. The first-order chi connectivity index (χ1) is 12.2. The van der Waals surface area contributed by atoms with Gasteiger partial charge in [0.2, 0.25) is 5.91 Å². The highest BCUT2D eigenvalue weighted by atomic mass is 32.1. The molecule has 1 amide bonds. The fourth-order valence-corrected chi connectivity index (χ4v) is 4.43. The minimum Gasteiger partial charge on any atom is -0.338 e. The lowest BCUT2D eigenvalue weighted by Crippen LogP contribution is -2.29. The number of carbonyl (C=O) groups excluding carboxylic acids is 1. The van der Waals surface area contributed by atoms with Gasteiger partial charge in [-0.3, -0.25) is 9.48 Å². The van der Waals surface area contributed by atoms with E-state index in [1.165, 1.54) is 0 Å². The van der Waals surface area contributed by atoms with Crippen molar-refractivity contribution in [3.8, 4) is 0 Å². The molecule has 0 saturated carbocycles. The third-order valence-corrected chi connectivity index (χ3v) is 6.51. The van der Waals surface area contributed by atoms with Gasteiger partial charge in [0, 0.05) is 61.6 Å². The Morgan fingerprint density at radius 2 is 2.08 bits per heavy atom. The zero-order valence-corrected chi connectivity index (χ0v) is 17.4. The van der Waals surface area contributed by atoms with Gasteiger partial charge in [0.05, 0.1) is 22.9 Å². The average molecular weight is 376 g/mol. The molecule has 1 N–H and O–H groups in total. The summed E-state index contributed by atoms with van der Waals surface area (Å²) in [5, 5.41) is 11.2. The Morgan fingerprint density at radius 1 is 1.35 bits per heavy atom. The zero-order chi connectivity index (χ0) is 19.1. The second-order valence-corrected chi connectivity index (χ2v) is 9.11. The van der Waals surface area contributed by atoms with E-state index in [0.717, 1.165) is 35.0 Å². The van der Waals surface area contributed by atoms with E-state index in [2.05, 4.69) is 43.5 Å². The molecule has 0 bridgehead atoms. The van der Waals surface area contributed by atoms with E-state index in [4.69, 9.17) is 4.98 Å². The number of amides is 1. The molecule has 0 unspecified atom stereocenters. The number of aryl methyl sites for hydroxylation is 1. The summed E-state index contributed by atoms with van der Waals surface area (Å²) < 4.78 is 1.87. The second-order valence-electron chi connectivity index (χ2n) is 8.25. The lowest BCUT2D eigenvalue weighted by atomic mass is 9.94. The van der Waals surface area contributed by atoms with E-state index in [0.29, 0.717) is 6.42 Å². The van der Waals surface area contributed by atoms with Crippen LogP contribution in [0.25, 0.3) is 0 Å². The molecular weight excluding hydrogens is 346 g/mol. The van der Waals surface area contributed by atoms with Crippen molar-refractivity contribution in [1.29, 1.82) is 0 Å². The van der Waals surface area contributed by atoms with Crippen molar-refractivity contribution < 1.29 is 4.79 Å². The number of nitrogens with zero attached hydrogens (tertiary/aromatic N) is 4. The molecule has 2 aromatic heterocycles. The third kappa shape index (κ3) is 3.69. The standard InChI is InChI=1S/C19H29N5OS/c1-12-15(10-21-24(12)6)17-13(7-16(25)23(17)5)8-20-9-14-11-26-18(22-14)19(2,3)4/h10-11,13,17,20H,7-9H2,1-6H3/t13-,17+/m0/s1. The van der Waals surface area contributed by atoms with Crippen molar-refractivity contribution in [2.45, 2.75) is 52.1 Å². The molecule has 1 fully saturated rings. The molecule has 1 saturated heterocycles. The molecule has 6 nitrogen and oxygen atoms in total. The Kier molecular flexibility index (Phi) is 5.21. The molecule has 2 atom stereocenters. The smallest absolute Gasteiger partial charge is 0.223 e. The highest BCUT2D eigenvalue weighted by Crippen LogP contribution is 2.37. The number of carbonyl (C=O) groups is 1. The topological polar surface area (TPSA) is 63.1 Å². The van der Waals surface area contributed by atoms with Gasteiger partial charge in [-0.2, -0.15) is 5.10 Å². The molecule has 0 spiro atoms. The van der Waals surface area contributed by atoms with Gasteiger partial charge in [0.15, 0.2) is 0 Å². The Balaban J connectivity index is 1.65. The van der Waals surface area contributed by atoms with Crippen LogP contribution in [0.15, 0.2) is 11.6 Å². The number of thiazole rings is 1. The van der Waals surface area contributed by atoms with E-state index in [1.807, 2.05) is 29.9 Å². The van der Waals surface area contributed by atoms with E-state index in [9.17, 15) is 4.79 Å². The van der Waals surface area contributed by atoms with Crippen molar-refractivity contribution >= 4 is 17.2 Å². The molecular formula is C19H29N5OS. The van der Waals surface area contributed by atoms with Gasteiger partial charge in [0.1, 0.15) is 0 Å². The lowest BCUT2D eigenvalue weighted by molar-refractivity contribution is -0.127. The van der Waals surface area contributed by atoms with Crippen LogP contribution in [0.5, 0.6) is 0 Å². The van der Waals surface area contributed by atoms with Crippen LogP contribution in [-0.4, -0.2) is 39.2 Å². The summed E-state index contributed by atoms with van der Waals surface area (Å²) >= 11 is 1.72. The maximum atomic E-state index is 12.3. The van der Waals surface area contributed by atoms with Crippen molar-refractivity contribution in [2.75, 3.05) is 13.6 Å². The molecule has 142 valence electrons. The van der Waals surface area contributed by atoms with E-state index in [-0.39, 0.29) is 23.3 Å². The predicted octanol–water partition coefficient (Wildman–Crippen LogP) is 2.79. The molecule has 1 aliphatic heterocycles. The quantitative estimate of drug-likeness (QED) is 0.873. The average Bonchev–Trinajstić information content (AvgIpc) is 3.22. The molecule has 2 aromatic rings. The van der Waals surface area contributed by atoms with Crippen molar-refractivity contribution in [2.24, 2.45) is 13.0 Å². The van der Waals surface area contributed by atoms with Gasteiger partial charge >= 0.3 is 0 Å². The minimum atomic E-state index is 0.0873.